The van der Waals surface area contributed by atoms with Gasteiger partial charge < -0.3 is 10.2 Å². The molecule has 0 fully saturated rings. The Balaban J connectivity index is 1.51. The second-order valence-corrected chi connectivity index (χ2v) is 9.45. The number of fused-ring (bicyclic) bond motifs is 1. The van der Waals surface area contributed by atoms with E-state index < -0.39 is 6.04 Å². The van der Waals surface area contributed by atoms with Crippen LogP contribution in [-0.2, 0) is 11.2 Å². The molecule has 196 valence electrons. The van der Waals surface area contributed by atoms with Crippen LogP contribution in [0, 0.1) is 0 Å². The maximum atomic E-state index is 13.6. The van der Waals surface area contributed by atoms with Gasteiger partial charge in [-0.25, -0.2) is 4.68 Å². The number of likely N-dealkylation sites (N-methyl/N-ethyl adjacent to an activating group) is 1. The summed E-state index contributed by atoms with van der Waals surface area (Å²) >= 11 is 0. The van der Waals surface area contributed by atoms with Crippen LogP contribution in [0.25, 0.3) is 27.7 Å². The van der Waals surface area contributed by atoms with Gasteiger partial charge in [-0.2, -0.15) is 5.10 Å². The Kier molecular flexibility index (Phi) is 7.83. The summed E-state index contributed by atoms with van der Waals surface area (Å²) in [4.78, 5) is 28.8. The van der Waals surface area contributed by atoms with Crippen LogP contribution in [0.3, 0.4) is 0 Å². The number of aromatic nitrogens is 2. The third-order valence-electron chi connectivity index (χ3n) is 6.95. The average Bonchev–Trinajstić information content (AvgIpc) is 3.44. The van der Waals surface area contributed by atoms with Crippen molar-refractivity contribution in [3.8, 4) is 16.9 Å². The van der Waals surface area contributed by atoms with E-state index in [2.05, 4.69) is 29.6 Å². The molecule has 6 heteroatoms. The van der Waals surface area contributed by atoms with Gasteiger partial charge in [0.2, 0.25) is 5.91 Å². The lowest BCUT2D eigenvalue weighted by molar-refractivity contribution is -0.132. The van der Waals surface area contributed by atoms with Gasteiger partial charge in [-0.3, -0.25) is 9.59 Å². The minimum Gasteiger partial charge on any atom is -0.341 e. The number of rotatable bonds is 9. The SMILES string of the molecule is CCN(CC)C(=O)C(Cc1ccccc1)NC(=O)c1cc(-c2ccc3ccccc3c2)n(-c2ccccc2)n1. The van der Waals surface area contributed by atoms with Gasteiger partial charge in [0.25, 0.3) is 5.91 Å². The Hall–Kier alpha value is -4.71. The van der Waals surface area contributed by atoms with Crippen LogP contribution in [0.4, 0.5) is 0 Å². The van der Waals surface area contributed by atoms with Crippen molar-refractivity contribution in [1.29, 1.82) is 0 Å². The van der Waals surface area contributed by atoms with Gasteiger partial charge in [0, 0.05) is 25.1 Å². The Morgan fingerprint density at radius 1 is 0.795 bits per heavy atom. The molecule has 0 spiro atoms. The summed E-state index contributed by atoms with van der Waals surface area (Å²) in [5.41, 5.74) is 3.83. The van der Waals surface area contributed by atoms with E-state index in [4.69, 9.17) is 5.10 Å². The van der Waals surface area contributed by atoms with Crippen LogP contribution in [0.5, 0.6) is 0 Å². The first-order valence-electron chi connectivity index (χ1n) is 13.4. The average molecular weight is 517 g/mol. The highest BCUT2D eigenvalue weighted by Gasteiger charge is 2.27. The molecule has 39 heavy (non-hydrogen) atoms. The Labute approximate surface area is 228 Å². The molecule has 0 saturated carbocycles. The summed E-state index contributed by atoms with van der Waals surface area (Å²) in [5.74, 6) is -0.484. The third kappa shape index (κ3) is 5.75. The van der Waals surface area contributed by atoms with Gasteiger partial charge in [-0.05, 0) is 54.4 Å². The Morgan fingerprint density at radius 3 is 2.13 bits per heavy atom. The predicted octanol–water partition coefficient (Wildman–Crippen LogP) is 5.90. The number of para-hydroxylation sites is 1. The minimum atomic E-state index is -0.703. The molecule has 1 unspecified atom stereocenters. The van der Waals surface area contributed by atoms with Crippen molar-refractivity contribution in [2.75, 3.05) is 13.1 Å². The van der Waals surface area contributed by atoms with Gasteiger partial charge >= 0.3 is 0 Å². The molecule has 6 nitrogen and oxygen atoms in total. The summed E-state index contributed by atoms with van der Waals surface area (Å²) in [6.45, 7) is 5.04. The van der Waals surface area contributed by atoms with Gasteiger partial charge in [-0.1, -0.05) is 84.9 Å². The van der Waals surface area contributed by atoms with Crippen molar-refractivity contribution in [1.82, 2.24) is 20.0 Å². The molecule has 1 atom stereocenters. The van der Waals surface area contributed by atoms with E-state index in [0.717, 1.165) is 33.3 Å². The highest BCUT2D eigenvalue weighted by molar-refractivity contribution is 5.97. The van der Waals surface area contributed by atoms with E-state index in [1.807, 2.05) is 92.7 Å². The predicted molar refractivity (Wildman–Crippen MR) is 156 cm³/mol. The summed E-state index contributed by atoms with van der Waals surface area (Å²) in [5, 5.41) is 9.97. The van der Waals surface area contributed by atoms with Crippen LogP contribution < -0.4 is 5.32 Å². The molecule has 1 N–H and O–H groups in total. The lowest BCUT2D eigenvalue weighted by Crippen LogP contribution is -2.49. The molecule has 0 aliphatic carbocycles. The van der Waals surface area contributed by atoms with E-state index >= 15 is 0 Å². The first-order chi connectivity index (χ1) is 19.1. The number of carbonyl (C=O) groups excluding carboxylic acids is 2. The number of nitrogens with one attached hydrogen (secondary N) is 1. The van der Waals surface area contributed by atoms with Gasteiger partial charge in [0.1, 0.15) is 6.04 Å². The molecule has 0 radical (unpaired) electrons. The minimum absolute atomic E-state index is 0.102. The van der Waals surface area contributed by atoms with Gasteiger partial charge in [0.05, 0.1) is 11.4 Å². The highest BCUT2D eigenvalue weighted by atomic mass is 16.2. The van der Waals surface area contributed by atoms with Crippen LogP contribution in [0.1, 0.15) is 29.9 Å². The van der Waals surface area contributed by atoms with Crippen molar-refractivity contribution in [2.45, 2.75) is 26.3 Å². The quantitative estimate of drug-likeness (QED) is 0.265. The first kappa shape index (κ1) is 25.9. The molecule has 2 amide bonds. The normalized spacial score (nSPS) is 11.7. The molecule has 1 heterocycles. The van der Waals surface area contributed by atoms with Crippen LogP contribution in [0.15, 0.2) is 109 Å². The second kappa shape index (κ2) is 11.8. The van der Waals surface area contributed by atoms with Crippen molar-refractivity contribution >= 4 is 22.6 Å². The Bertz CT molecular complexity index is 1570. The van der Waals surface area contributed by atoms with E-state index in [1.165, 1.54) is 0 Å². The zero-order valence-electron chi connectivity index (χ0n) is 22.2. The van der Waals surface area contributed by atoms with Crippen molar-refractivity contribution in [2.24, 2.45) is 0 Å². The first-order valence-corrected chi connectivity index (χ1v) is 13.4. The topological polar surface area (TPSA) is 67.2 Å². The molecule has 0 bridgehead atoms. The van der Waals surface area contributed by atoms with Crippen LogP contribution >= 0.6 is 0 Å². The molecular weight excluding hydrogens is 484 g/mol. The number of benzene rings is 4. The lowest BCUT2D eigenvalue weighted by atomic mass is 10.0. The summed E-state index contributed by atoms with van der Waals surface area (Å²) in [6, 6.07) is 35.0. The fourth-order valence-corrected chi connectivity index (χ4v) is 4.85. The number of hydrogen-bond acceptors (Lipinski definition) is 3. The van der Waals surface area contributed by atoms with Crippen LogP contribution in [0.2, 0.25) is 0 Å². The molecule has 5 rings (SSSR count). The second-order valence-electron chi connectivity index (χ2n) is 9.45. The van der Waals surface area contributed by atoms with Crippen molar-refractivity contribution in [3.63, 3.8) is 0 Å². The number of nitrogens with zero attached hydrogens (tertiary/aromatic N) is 3. The van der Waals surface area contributed by atoms with Gasteiger partial charge in [-0.15, -0.1) is 0 Å². The van der Waals surface area contributed by atoms with Crippen molar-refractivity contribution < 1.29 is 9.59 Å². The summed E-state index contributed by atoms with van der Waals surface area (Å²) < 4.78 is 1.79. The molecule has 0 aliphatic rings. The maximum Gasteiger partial charge on any atom is 0.272 e. The zero-order valence-corrected chi connectivity index (χ0v) is 22.2. The lowest BCUT2D eigenvalue weighted by Gasteiger charge is -2.25. The van der Waals surface area contributed by atoms with Gasteiger partial charge in [0.15, 0.2) is 5.69 Å². The van der Waals surface area contributed by atoms with Crippen LogP contribution in [-0.4, -0.2) is 45.6 Å². The fraction of sp³-hybridized carbons (Fsp3) is 0.182. The maximum absolute atomic E-state index is 13.6. The largest absolute Gasteiger partial charge is 0.341 e. The Morgan fingerprint density at radius 2 is 1.44 bits per heavy atom. The van der Waals surface area contributed by atoms with E-state index in [9.17, 15) is 9.59 Å². The highest BCUT2D eigenvalue weighted by Crippen LogP contribution is 2.27. The third-order valence-corrected chi connectivity index (χ3v) is 6.95. The molecule has 0 aliphatic heterocycles. The van der Waals surface area contributed by atoms with Crippen molar-refractivity contribution in [3.05, 3.63) is 120 Å². The van der Waals surface area contributed by atoms with E-state index in [0.29, 0.717) is 19.5 Å². The molecular formula is C33H32N4O2. The molecule has 1 aromatic heterocycles. The molecule has 4 aromatic carbocycles. The molecule has 0 saturated heterocycles. The summed E-state index contributed by atoms with van der Waals surface area (Å²) in [7, 11) is 0. The summed E-state index contributed by atoms with van der Waals surface area (Å²) in [6.07, 6.45) is 0.402. The standard InChI is InChI=1S/C33H32N4O2/c1-3-36(4-2)33(39)30(21-24-13-7-5-8-14-24)34-32(38)29-23-31(37(35-29)28-17-9-6-10-18-28)27-20-19-25-15-11-12-16-26(25)22-27/h5-20,22-23,30H,3-4,21H2,1-2H3,(H,34,38). The smallest absolute Gasteiger partial charge is 0.272 e. The molecule has 5 aromatic rings. The zero-order chi connectivity index (χ0) is 27.2. The number of hydrogen-bond donors (Lipinski definition) is 1. The number of amides is 2. The monoisotopic (exact) mass is 516 g/mol. The van der Waals surface area contributed by atoms with E-state index in [1.54, 1.807) is 15.6 Å². The number of carbonyl (C=O) groups is 2. The van der Waals surface area contributed by atoms with E-state index in [-0.39, 0.29) is 17.5 Å². The fourth-order valence-electron chi connectivity index (χ4n) is 4.85.